The predicted octanol–water partition coefficient (Wildman–Crippen LogP) is 3.43. The smallest absolute Gasteiger partial charge is 0.0473 e. The Balaban J connectivity index is 2.18. The van der Waals surface area contributed by atoms with Gasteiger partial charge in [0.15, 0.2) is 0 Å². The van der Waals surface area contributed by atoms with Crippen molar-refractivity contribution in [3.63, 3.8) is 0 Å². The number of hydrogen-bond donors (Lipinski definition) is 1. The molecule has 0 aliphatic carbocycles. The van der Waals surface area contributed by atoms with Crippen LogP contribution in [0.2, 0.25) is 0 Å². The van der Waals surface area contributed by atoms with Gasteiger partial charge in [-0.1, -0.05) is 30.7 Å². The van der Waals surface area contributed by atoms with Crippen molar-refractivity contribution < 1.29 is 0 Å². The Morgan fingerprint density at radius 1 is 1.26 bits per heavy atom. The van der Waals surface area contributed by atoms with Crippen molar-refractivity contribution in [3.8, 4) is 0 Å². The lowest BCUT2D eigenvalue weighted by molar-refractivity contribution is 0.207. The summed E-state index contributed by atoms with van der Waals surface area (Å²) < 4.78 is 0. The Morgan fingerprint density at radius 2 is 2.05 bits per heavy atom. The number of rotatable bonds is 3. The molecule has 1 heterocycles. The minimum absolute atomic E-state index is 0.394. The normalized spacial score (nSPS) is 23.1. The zero-order chi connectivity index (χ0) is 13.8. The highest BCUT2D eigenvalue weighted by molar-refractivity contribution is 5.33. The molecule has 1 fully saturated rings. The predicted molar refractivity (Wildman–Crippen MR) is 82.3 cm³/mol. The van der Waals surface area contributed by atoms with Gasteiger partial charge in [0.05, 0.1) is 0 Å². The molecule has 0 aromatic heterocycles. The molecule has 1 aromatic rings. The third-order valence-corrected chi connectivity index (χ3v) is 4.50. The first-order valence-corrected chi connectivity index (χ1v) is 7.63. The van der Waals surface area contributed by atoms with E-state index in [0.717, 1.165) is 12.5 Å². The van der Waals surface area contributed by atoms with Crippen LogP contribution in [0.1, 0.15) is 48.9 Å². The summed E-state index contributed by atoms with van der Waals surface area (Å²) in [6.07, 6.45) is 3.98. The van der Waals surface area contributed by atoms with Gasteiger partial charge < -0.3 is 5.73 Å². The molecule has 19 heavy (non-hydrogen) atoms. The molecule has 0 saturated carbocycles. The van der Waals surface area contributed by atoms with Crippen molar-refractivity contribution in [3.05, 3.63) is 34.9 Å². The highest BCUT2D eigenvalue weighted by Crippen LogP contribution is 2.27. The standard InChI is InChI=1S/C17H28N2/c1-13-5-4-9-19(10-8-13)17(12-18)16-7-6-14(2)11-15(16)3/h6-7,11,13,17H,4-5,8-10,12,18H2,1-3H3. The zero-order valence-electron chi connectivity index (χ0n) is 12.7. The summed E-state index contributed by atoms with van der Waals surface area (Å²) in [4.78, 5) is 2.60. The van der Waals surface area contributed by atoms with Crippen molar-refractivity contribution in [2.24, 2.45) is 11.7 Å². The maximum Gasteiger partial charge on any atom is 0.0473 e. The van der Waals surface area contributed by atoms with Gasteiger partial charge in [-0.15, -0.1) is 0 Å². The molecule has 0 amide bonds. The highest BCUT2D eigenvalue weighted by Gasteiger charge is 2.23. The Bertz CT molecular complexity index is 414. The molecule has 0 spiro atoms. The van der Waals surface area contributed by atoms with Crippen molar-refractivity contribution in [2.45, 2.75) is 46.1 Å². The van der Waals surface area contributed by atoms with Gasteiger partial charge in [0, 0.05) is 12.6 Å². The molecular formula is C17H28N2. The van der Waals surface area contributed by atoms with E-state index in [1.807, 2.05) is 0 Å². The maximum absolute atomic E-state index is 6.09. The van der Waals surface area contributed by atoms with Crippen LogP contribution >= 0.6 is 0 Å². The monoisotopic (exact) mass is 260 g/mol. The van der Waals surface area contributed by atoms with Crippen LogP contribution in [0, 0.1) is 19.8 Å². The molecule has 2 N–H and O–H groups in total. The summed E-state index contributed by atoms with van der Waals surface area (Å²) in [5, 5.41) is 0. The van der Waals surface area contributed by atoms with Crippen LogP contribution in [0.25, 0.3) is 0 Å². The topological polar surface area (TPSA) is 29.3 Å². The van der Waals surface area contributed by atoms with Crippen LogP contribution in [0.5, 0.6) is 0 Å². The van der Waals surface area contributed by atoms with Crippen LogP contribution in [0.15, 0.2) is 18.2 Å². The molecule has 1 aliphatic heterocycles. The second-order valence-corrected chi connectivity index (χ2v) is 6.18. The molecule has 2 heteroatoms. The molecule has 1 aliphatic rings. The number of aryl methyl sites for hydroxylation is 2. The first-order chi connectivity index (χ1) is 9.11. The van der Waals surface area contributed by atoms with E-state index in [-0.39, 0.29) is 0 Å². The molecule has 0 radical (unpaired) electrons. The summed E-state index contributed by atoms with van der Waals surface area (Å²) in [5.41, 5.74) is 10.2. The summed E-state index contributed by atoms with van der Waals surface area (Å²) >= 11 is 0. The van der Waals surface area contributed by atoms with Gasteiger partial charge in [0.2, 0.25) is 0 Å². The van der Waals surface area contributed by atoms with Gasteiger partial charge in [-0.3, -0.25) is 4.90 Å². The number of nitrogens with two attached hydrogens (primary N) is 1. The van der Waals surface area contributed by atoms with Crippen LogP contribution < -0.4 is 5.73 Å². The average Bonchev–Trinajstić information content (AvgIpc) is 2.58. The van der Waals surface area contributed by atoms with Crippen LogP contribution in [-0.4, -0.2) is 24.5 Å². The van der Waals surface area contributed by atoms with E-state index < -0.39 is 0 Å². The van der Waals surface area contributed by atoms with Crippen molar-refractivity contribution in [1.82, 2.24) is 4.90 Å². The van der Waals surface area contributed by atoms with Crippen LogP contribution in [-0.2, 0) is 0 Å². The number of benzene rings is 1. The average molecular weight is 260 g/mol. The van der Waals surface area contributed by atoms with Gasteiger partial charge in [-0.25, -0.2) is 0 Å². The fourth-order valence-electron chi connectivity index (χ4n) is 3.27. The first-order valence-electron chi connectivity index (χ1n) is 7.63. The van der Waals surface area contributed by atoms with E-state index >= 15 is 0 Å². The van der Waals surface area contributed by atoms with Crippen molar-refractivity contribution in [2.75, 3.05) is 19.6 Å². The summed E-state index contributed by atoms with van der Waals surface area (Å²) in [6.45, 7) is 9.85. The van der Waals surface area contributed by atoms with E-state index in [1.54, 1.807) is 0 Å². The first kappa shape index (κ1) is 14.5. The number of nitrogens with zero attached hydrogens (tertiary/aromatic N) is 1. The van der Waals surface area contributed by atoms with E-state index in [9.17, 15) is 0 Å². The largest absolute Gasteiger partial charge is 0.329 e. The Kier molecular flexibility index (Phi) is 5.00. The van der Waals surface area contributed by atoms with Gasteiger partial charge in [0.25, 0.3) is 0 Å². The Morgan fingerprint density at radius 3 is 2.74 bits per heavy atom. The molecule has 2 unspecified atom stereocenters. The minimum atomic E-state index is 0.394. The number of likely N-dealkylation sites (tertiary alicyclic amines) is 1. The number of hydrogen-bond acceptors (Lipinski definition) is 2. The summed E-state index contributed by atoms with van der Waals surface area (Å²) in [6, 6.07) is 7.16. The second kappa shape index (κ2) is 6.53. The van der Waals surface area contributed by atoms with Crippen LogP contribution in [0.4, 0.5) is 0 Å². The second-order valence-electron chi connectivity index (χ2n) is 6.18. The summed E-state index contributed by atoms with van der Waals surface area (Å²) in [5.74, 6) is 0.863. The molecule has 1 aromatic carbocycles. The molecular weight excluding hydrogens is 232 g/mol. The van der Waals surface area contributed by atoms with Gasteiger partial charge in [-0.2, -0.15) is 0 Å². The molecule has 2 nitrogen and oxygen atoms in total. The maximum atomic E-state index is 6.09. The quantitative estimate of drug-likeness (QED) is 0.902. The molecule has 1 saturated heterocycles. The van der Waals surface area contributed by atoms with Gasteiger partial charge in [-0.05, 0) is 63.2 Å². The molecule has 2 atom stereocenters. The fraction of sp³-hybridized carbons (Fsp3) is 0.647. The lowest BCUT2D eigenvalue weighted by atomic mass is 9.97. The minimum Gasteiger partial charge on any atom is -0.329 e. The Labute approximate surface area is 118 Å². The lowest BCUT2D eigenvalue weighted by Gasteiger charge is -2.31. The molecule has 0 bridgehead atoms. The highest BCUT2D eigenvalue weighted by atomic mass is 15.2. The summed E-state index contributed by atoms with van der Waals surface area (Å²) in [7, 11) is 0. The van der Waals surface area contributed by atoms with Crippen molar-refractivity contribution >= 4 is 0 Å². The Hall–Kier alpha value is -0.860. The van der Waals surface area contributed by atoms with Gasteiger partial charge in [0.1, 0.15) is 0 Å². The third kappa shape index (κ3) is 3.58. The fourth-order valence-corrected chi connectivity index (χ4v) is 3.27. The SMILES string of the molecule is Cc1ccc(C(CN)N2CCCC(C)CC2)c(C)c1. The third-order valence-electron chi connectivity index (χ3n) is 4.50. The zero-order valence-corrected chi connectivity index (χ0v) is 12.7. The van der Waals surface area contributed by atoms with Gasteiger partial charge >= 0.3 is 0 Å². The molecule has 106 valence electrons. The van der Waals surface area contributed by atoms with Crippen molar-refractivity contribution in [1.29, 1.82) is 0 Å². The van der Waals surface area contributed by atoms with E-state index in [1.165, 1.54) is 49.0 Å². The lowest BCUT2D eigenvalue weighted by Crippen LogP contribution is -2.35. The van der Waals surface area contributed by atoms with E-state index in [4.69, 9.17) is 5.73 Å². The van der Waals surface area contributed by atoms with Crippen LogP contribution in [0.3, 0.4) is 0 Å². The van der Waals surface area contributed by atoms with E-state index in [0.29, 0.717) is 6.04 Å². The van der Waals surface area contributed by atoms with E-state index in [2.05, 4.69) is 43.9 Å². The molecule has 2 rings (SSSR count).